The van der Waals surface area contributed by atoms with Gasteiger partial charge in [-0.2, -0.15) is 0 Å². The van der Waals surface area contributed by atoms with Gasteiger partial charge >= 0.3 is 0 Å². The van der Waals surface area contributed by atoms with Crippen LogP contribution in [0.4, 0.5) is 0 Å². The molecule has 4 aromatic heterocycles. The molecule has 51 heavy (non-hydrogen) atoms. The molecule has 0 aliphatic rings. The summed E-state index contributed by atoms with van der Waals surface area (Å²) in [6.45, 7) is 0. The predicted molar refractivity (Wildman–Crippen MR) is 211 cm³/mol. The molecule has 0 radical (unpaired) electrons. The highest BCUT2D eigenvalue weighted by Crippen LogP contribution is 2.43. The zero-order valence-electron chi connectivity index (χ0n) is 27.1. The van der Waals surface area contributed by atoms with E-state index in [-0.39, 0.29) is 0 Å². The molecule has 0 spiro atoms. The summed E-state index contributed by atoms with van der Waals surface area (Å²) in [7, 11) is 0. The highest BCUT2D eigenvalue weighted by atomic mass is 32.1. The van der Waals surface area contributed by atoms with Crippen LogP contribution in [0, 0.1) is 0 Å². The Balaban J connectivity index is 1.15. The van der Waals surface area contributed by atoms with Crippen LogP contribution in [0.3, 0.4) is 0 Å². The van der Waals surface area contributed by atoms with Crippen molar-refractivity contribution in [3.63, 3.8) is 0 Å². The lowest BCUT2D eigenvalue weighted by molar-refractivity contribution is 0.671. The van der Waals surface area contributed by atoms with Gasteiger partial charge < -0.3 is 8.98 Å². The van der Waals surface area contributed by atoms with Gasteiger partial charge in [-0.1, -0.05) is 115 Å². The quantitative estimate of drug-likeness (QED) is 0.187. The van der Waals surface area contributed by atoms with Crippen LogP contribution in [0.15, 0.2) is 162 Å². The zero-order valence-corrected chi connectivity index (χ0v) is 27.9. The molecule has 0 N–H and O–H groups in total. The van der Waals surface area contributed by atoms with Crippen molar-refractivity contribution < 1.29 is 4.42 Å². The number of nitrogens with zero attached hydrogens (tertiary/aromatic N) is 4. The SMILES string of the molecule is c1ccc(-c2nc(-c3ccccc3)nc(-c3cccc4c3sc3ccc(-n5c6ccccc6c6ccc7c8ccccc8oc7c65)cc34)n2)cc1. The highest BCUT2D eigenvalue weighted by molar-refractivity contribution is 7.26. The number of fused-ring (bicyclic) bond motifs is 10. The minimum atomic E-state index is 0.656. The van der Waals surface area contributed by atoms with Gasteiger partial charge in [0.05, 0.1) is 11.0 Å². The van der Waals surface area contributed by atoms with E-state index in [4.69, 9.17) is 19.4 Å². The summed E-state index contributed by atoms with van der Waals surface area (Å²) in [4.78, 5) is 15.0. The summed E-state index contributed by atoms with van der Waals surface area (Å²) < 4.78 is 11.3. The zero-order chi connectivity index (χ0) is 33.5. The molecule has 6 heteroatoms. The fourth-order valence-corrected chi connectivity index (χ4v) is 8.72. The van der Waals surface area contributed by atoms with E-state index in [1.54, 1.807) is 11.3 Å². The van der Waals surface area contributed by atoms with Crippen LogP contribution in [0.25, 0.3) is 104 Å². The van der Waals surface area contributed by atoms with E-state index in [0.717, 1.165) is 60.0 Å². The molecule has 0 bridgehead atoms. The fraction of sp³-hybridized carbons (Fsp3) is 0. The molecule has 11 aromatic rings. The molecule has 238 valence electrons. The first kappa shape index (κ1) is 28.2. The molecule has 7 aromatic carbocycles. The lowest BCUT2D eigenvalue weighted by atomic mass is 10.1. The van der Waals surface area contributed by atoms with Gasteiger partial charge in [0, 0.05) is 64.1 Å². The van der Waals surface area contributed by atoms with Crippen LogP contribution in [0.1, 0.15) is 0 Å². The minimum Gasteiger partial charge on any atom is -0.454 e. The summed E-state index contributed by atoms with van der Waals surface area (Å²) in [5.41, 5.74) is 8.02. The second-order valence-electron chi connectivity index (χ2n) is 12.8. The number of thiophene rings is 1. The molecule has 0 saturated carbocycles. The maximum Gasteiger partial charge on any atom is 0.165 e. The number of furan rings is 1. The van der Waals surface area contributed by atoms with Crippen LogP contribution >= 0.6 is 11.3 Å². The van der Waals surface area contributed by atoms with Gasteiger partial charge in [-0.15, -0.1) is 11.3 Å². The maximum atomic E-state index is 6.61. The molecular weight excluding hydrogens is 645 g/mol. The van der Waals surface area contributed by atoms with Crippen molar-refractivity contribution in [1.82, 2.24) is 19.5 Å². The number of aromatic nitrogens is 4. The van der Waals surface area contributed by atoms with Gasteiger partial charge in [-0.3, -0.25) is 0 Å². The third kappa shape index (κ3) is 4.30. The van der Waals surface area contributed by atoms with E-state index < -0.39 is 0 Å². The van der Waals surface area contributed by atoms with E-state index in [2.05, 4.69) is 89.5 Å². The van der Waals surface area contributed by atoms with Crippen molar-refractivity contribution in [2.75, 3.05) is 0 Å². The highest BCUT2D eigenvalue weighted by Gasteiger charge is 2.21. The Bertz CT molecular complexity index is 3080. The lowest BCUT2D eigenvalue weighted by Crippen LogP contribution is -2.00. The Morgan fingerprint density at radius 1 is 0.471 bits per heavy atom. The monoisotopic (exact) mass is 670 g/mol. The minimum absolute atomic E-state index is 0.656. The summed E-state index contributed by atoms with van der Waals surface area (Å²) in [6, 6.07) is 54.9. The molecular formula is C45H26N4OS. The fourth-order valence-electron chi connectivity index (χ4n) is 7.53. The predicted octanol–water partition coefficient (Wildman–Crippen LogP) is 12.2. The molecule has 0 saturated heterocycles. The lowest BCUT2D eigenvalue weighted by Gasteiger charge is -2.09. The van der Waals surface area contributed by atoms with Crippen LogP contribution in [-0.4, -0.2) is 19.5 Å². The molecule has 0 amide bonds. The van der Waals surface area contributed by atoms with E-state index in [1.807, 2.05) is 72.8 Å². The Morgan fingerprint density at radius 2 is 1.12 bits per heavy atom. The van der Waals surface area contributed by atoms with Crippen molar-refractivity contribution in [3.8, 4) is 39.9 Å². The van der Waals surface area contributed by atoms with Crippen molar-refractivity contribution in [3.05, 3.63) is 158 Å². The smallest absolute Gasteiger partial charge is 0.165 e. The average molecular weight is 671 g/mol. The molecule has 0 aliphatic heterocycles. The van der Waals surface area contributed by atoms with E-state index in [1.165, 1.54) is 26.2 Å². The second kappa shape index (κ2) is 10.9. The van der Waals surface area contributed by atoms with Gasteiger partial charge in [0.15, 0.2) is 23.1 Å². The van der Waals surface area contributed by atoms with Gasteiger partial charge in [-0.05, 0) is 42.5 Å². The van der Waals surface area contributed by atoms with Crippen molar-refractivity contribution in [2.24, 2.45) is 0 Å². The number of para-hydroxylation sites is 2. The topological polar surface area (TPSA) is 56.7 Å². The summed E-state index contributed by atoms with van der Waals surface area (Å²) in [5, 5.41) is 6.99. The Labute approximate surface area is 295 Å². The largest absolute Gasteiger partial charge is 0.454 e. The van der Waals surface area contributed by atoms with Crippen molar-refractivity contribution in [1.29, 1.82) is 0 Å². The van der Waals surface area contributed by atoms with E-state index in [0.29, 0.717) is 17.5 Å². The maximum absolute atomic E-state index is 6.61. The molecule has 0 fully saturated rings. The molecule has 4 heterocycles. The Hall–Kier alpha value is -6.63. The number of hydrogen-bond acceptors (Lipinski definition) is 5. The normalized spacial score (nSPS) is 11.9. The van der Waals surface area contributed by atoms with Crippen LogP contribution < -0.4 is 0 Å². The van der Waals surface area contributed by atoms with E-state index in [9.17, 15) is 0 Å². The van der Waals surface area contributed by atoms with Crippen molar-refractivity contribution >= 4 is 75.3 Å². The third-order valence-corrected chi connectivity index (χ3v) is 11.1. The first-order valence-corrected chi connectivity index (χ1v) is 17.8. The standard InChI is InChI=1S/C45H26N4OS/c1-3-12-27(13-4-1)43-46-44(28-14-5-2-6-15-28)48-45(47-43)35-19-11-18-34-36-26-29(22-25-39(36)51-42(34)35)49-37-20-9-7-16-30(37)32-23-24-33-31-17-8-10-21-38(31)50-41(33)40(32)49/h1-26H. The molecule has 0 unspecified atom stereocenters. The average Bonchev–Trinajstić information content (AvgIpc) is 3.88. The number of rotatable bonds is 4. The third-order valence-electron chi connectivity index (χ3n) is 9.86. The van der Waals surface area contributed by atoms with Gasteiger partial charge in [0.2, 0.25) is 0 Å². The molecule has 5 nitrogen and oxygen atoms in total. The second-order valence-corrected chi connectivity index (χ2v) is 13.8. The van der Waals surface area contributed by atoms with Gasteiger partial charge in [-0.25, -0.2) is 15.0 Å². The summed E-state index contributed by atoms with van der Waals surface area (Å²) in [6.07, 6.45) is 0. The first-order chi connectivity index (χ1) is 25.3. The van der Waals surface area contributed by atoms with Gasteiger partial charge in [0.25, 0.3) is 0 Å². The first-order valence-electron chi connectivity index (χ1n) is 16.9. The molecule has 0 aliphatic carbocycles. The summed E-state index contributed by atoms with van der Waals surface area (Å²) in [5.74, 6) is 1.97. The Kier molecular flexibility index (Phi) is 6.05. The van der Waals surface area contributed by atoms with E-state index >= 15 is 0 Å². The Morgan fingerprint density at radius 3 is 1.90 bits per heavy atom. The van der Waals surface area contributed by atoms with Crippen LogP contribution in [-0.2, 0) is 0 Å². The van der Waals surface area contributed by atoms with Crippen LogP contribution in [0.2, 0.25) is 0 Å². The molecule has 0 atom stereocenters. The molecule has 11 rings (SSSR count). The van der Waals surface area contributed by atoms with Crippen LogP contribution in [0.5, 0.6) is 0 Å². The number of benzene rings is 7. The number of hydrogen-bond donors (Lipinski definition) is 0. The van der Waals surface area contributed by atoms with Crippen molar-refractivity contribution in [2.45, 2.75) is 0 Å². The summed E-state index contributed by atoms with van der Waals surface area (Å²) >= 11 is 1.78. The van der Waals surface area contributed by atoms with Gasteiger partial charge in [0.1, 0.15) is 5.58 Å².